The Labute approximate surface area is 108 Å². The predicted molar refractivity (Wildman–Crippen MR) is 73.6 cm³/mol. The van der Waals surface area contributed by atoms with Gasteiger partial charge in [-0.15, -0.1) is 0 Å². The Hall–Kier alpha value is -1.75. The summed E-state index contributed by atoms with van der Waals surface area (Å²) in [6, 6.07) is 6.90. The molecular weight excluding hydrogens is 230 g/mol. The fourth-order valence-corrected chi connectivity index (χ4v) is 1.63. The quantitative estimate of drug-likeness (QED) is 0.530. The second kappa shape index (κ2) is 7.55. The molecule has 0 aliphatic rings. The lowest BCUT2D eigenvalue weighted by Crippen LogP contribution is -2.42. The standard InChI is InChI=1S/C13H21N3O2/c1-2-3-8-15-13(18)16(9-10-17)12-7-5-4-6-11(12)14/h4-7,17H,2-3,8-10,14H2,1H3,(H,15,18). The van der Waals surface area contributed by atoms with E-state index in [0.717, 1.165) is 12.8 Å². The topological polar surface area (TPSA) is 78.6 Å². The summed E-state index contributed by atoms with van der Waals surface area (Å²) in [5, 5.41) is 11.9. The van der Waals surface area contributed by atoms with Gasteiger partial charge in [0.2, 0.25) is 0 Å². The van der Waals surface area contributed by atoms with E-state index in [2.05, 4.69) is 12.2 Å². The SMILES string of the molecule is CCCCNC(=O)N(CCO)c1ccccc1N. The first-order chi connectivity index (χ1) is 8.70. The van der Waals surface area contributed by atoms with Crippen LogP contribution < -0.4 is 16.0 Å². The highest BCUT2D eigenvalue weighted by Crippen LogP contribution is 2.22. The Balaban J connectivity index is 2.76. The van der Waals surface area contributed by atoms with Crippen LogP contribution >= 0.6 is 0 Å². The van der Waals surface area contributed by atoms with E-state index in [0.29, 0.717) is 17.9 Å². The van der Waals surface area contributed by atoms with Crippen molar-refractivity contribution in [1.82, 2.24) is 5.32 Å². The van der Waals surface area contributed by atoms with Gasteiger partial charge in [-0.1, -0.05) is 25.5 Å². The van der Waals surface area contributed by atoms with Crippen molar-refractivity contribution in [2.75, 3.05) is 30.3 Å². The molecule has 2 amide bonds. The monoisotopic (exact) mass is 251 g/mol. The van der Waals surface area contributed by atoms with Gasteiger partial charge in [0.1, 0.15) is 0 Å². The maximum absolute atomic E-state index is 12.0. The van der Waals surface area contributed by atoms with Crippen molar-refractivity contribution in [3.05, 3.63) is 24.3 Å². The molecule has 0 bridgehead atoms. The number of benzene rings is 1. The summed E-state index contributed by atoms with van der Waals surface area (Å²) in [4.78, 5) is 13.5. The molecule has 1 rings (SSSR count). The van der Waals surface area contributed by atoms with E-state index < -0.39 is 0 Å². The highest BCUT2D eigenvalue weighted by molar-refractivity contribution is 5.95. The first-order valence-corrected chi connectivity index (χ1v) is 6.21. The molecule has 5 nitrogen and oxygen atoms in total. The third kappa shape index (κ3) is 3.92. The molecule has 0 saturated heterocycles. The highest BCUT2D eigenvalue weighted by Gasteiger charge is 2.16. The van der Waals surface area contributed by atoms with Crippen LogP contribution in [0.5, 0.6) is 0 Å². The van der Waals surface area contributed by atoms with Crippen molar-refractivity contribution in [2.24, 2.45) is 0 Å². The number of para-hydroxylation sites is 2. The molecular formula is C13H21N3O2. The number of anilines is 2. The number of amides is 2. The summed E-state index contributed by atoms with van der Waals surface area (Å²) >= 11 is 0. The van der Waals surface area contributed by atoms with Crippen LogP contribution in [-0.2, 0) is 0 Å². The molecule has 0 aliphatic carbocycles. The summed E-state index contributed by atoms with van der Waals surface area (Å²) in [5.41, 5.74) is 6.99. The van der Waals surface area contributed by atoms with Crippen LogP contribution in [0, 0.1) is 0 Å². The van der Waals surface area contributed by atoms with Gasteiger partial charge in [0.15, 0.2) is 0 Å². The van der Waals surface area contributed by atoms with E-state index in [4.69, 9.17) is 10.8 Å². The minimum Gasteiger partial charge on any atom is -0.397 e. The first-order valence-electron chi connectivity index (χ1n) is 6.21. The summed E-state index contributed by atoms with van der Waals surface area (Å²) in [6.45, 7) is 2.82. The van der Waals surface area contributed by atoms with Gasteiger partial charge in [-0.05, 0) is 18.6 Å². The van der Waals surface area contributed by atoms with Gasteiger partial charge in [0, 0.05) is 6.54 Å². The number of nitrogens with two attached hydrogens (primary N) is 1. The highest BCUT2D eigenvalue weighted by atomic mass is 16.3. The minimum absolute atomic E-state index is 0.102. The maximum atomic E-state index is 12.0. The van der Waals surface area contributed by atoms with E-state index >= 15 is 0 Å². The van der Waals surface area contributed by atoms with Crippen molar-refractivity contribution in [2.45, 2.75) is 19.8 Å². The van der Waals surface area contributed by atoms with E-state index in [1.165, 1.54) is 4.90 Å². The molecule has 0 saturated carbocycles. The van der Waals surface area contributed by atoms with Crippen molar-refractivity contribution < 1.29 is 9.90 Å². The largest absolute Gasteiger partial charge is 0.397 e. The molecule has 100 valence electrons. The molecule has 5 heteroatoms. The molecule has 0 unspecified atom stereocenters. The second-order valence-corrected chi connectivity index (χ2v) is 4.02. The zero-order valence-electron chi connectivity index (χ0n) is 10.7. The van der Waals surface area contributed by atoms with Crippen LogP contribution in [0.25, 0.3) is 0 Å². The van der Waals surface area contributed by atoms with Crippen LogP contribution in [0.2, 0.25) is 0 Å². The fraction of sp³-hybridized carbons (Fsp3) is 0.462. The van der Waals surface area contributed by atoms with Crippen molar-refractivity contribution in [3.8, 4) is 0 Å². The smallest absolute Gasteiger partial charge is 0.322 e. The average molecular weight is 251 g/mol. The van der Waals surface area contributed by atoms with Gasteiger partial charge in [-0.25, -0.2) is 4.79 Å². The lowest BCUT2D eigenvalue weighted by molar-refractivity contribution is 0.241. The molecule has 1 aromatic rings. The normalized spacial score (nSPS) is 10.1. The molecule has 0 aliphatic heterocycles. The summed E-state index contributed by atoms with van der Waals surface area (Å²) in [5.74, 6) is 0. The van der Waals surface area contributed by atoms with Crippen LogP contribution in [-0.4, -0.2) is 30.8 Å². The van der Waals surface area contributed by atoms with Crippen molar-refractivity contribution in [3.63, 3.8) is 0 Å². The number of nitrogens with zero attached hydrogens (tertiary/aromatic N) is 1. The zero-order chi connectivity index (χ0) is 13.4. The Morgan fingerprint density at radius 3 is 2.78 bits per heavy atom. The number of carbonyl (C=O) groups is 1. The summed E-state index contributed by atoms with van der Waals surface area (Å²) in [7, 11) is 0. The Morgan fingerprint density at radius 2 is 2.17 bits per heavy atom. The Bertz CT molecular complexity index is 382. The molecule has 0 atom stereocenters. The predicted octanol–water partition coefficient (Wildman–Crippen LogP) is 1.58. The molecule has 0 fully saturated rings. The Kier molecular flexibility index (Phi) is 6.00. The number of unbranched alkanes of at least 4 members (excludes halogenated alkanes) is 1. The number of carbonyl (C=O) groups excluding carboxylic acids is 1. The maximum Gasteiger partial charge on any atom is 0.322 e. The van der Waals surface area contributed by atoms with E-state index in [1.54, 1.807) is 12.1 Å². The molecule has 4 N–H and O–H groups in total. The van der Waals surface area contributed by atoms with Crippen LogP contribution in [0.4, 0.5) is 16.2 Å². The van der Waals surface area contributed by atoms with E-state index in [-0.39, 0.29) is 19.2 Å². The van der Waals surface area contributed by atoms with Crippen LogP contribution in [0.1, 0.15) is 19.8 Å². The lowest BCUT2D eigenvalue weighted by Gasteiger charge is -2.23. The van der Waals surface area contributed by atoms with Crippen molar-refractivity contribution >= 4 is 17.4 Å². The van der Waals surface area contributed by atoms with Crippen LogP contribution in [0.3, 0.4) is 0 Å². The molecule has 0 heterocycles. The Morgan fingerprint density at radius 1 is 1.44 bits per heavy atom. The molecule has 0 radical (unpaired) electrons. The third-order valence-electron chi connectivity index (χ3n) is 2.60. The van der Waals surface area contributed by atoms with Crippen molar-refractivity contribution in [1.29, 1.82) is 0 Å². The summed E-state index contributed by atoms with van der Waals surface area (Å²) < 4.78 is 0. The number of nitrogen functional groups attached to an aromatic ring is 1. The number of hydrogen-bond acceptors (Lipinski definition) is 3. The molecule has 0 spiro atoms. The second-order valence-electron chi connectivity index (χ2n) is 4.02. The van der Waals surface area contributed by atoms with Crippen LogP contribution in [0.15, 0.2) is 24.3 Å². The number of aliphatic hydroxyl groups is 1. The first kappa shape index (κ1) is 14.3. The number of urea groups is 1. The summed E-state index contributed by atoms with van der Waals surface area (Å²) in [6.07, 6.45) is 1.96. The zero-order valence-corrected chi connectivity index (χ0v) is 10.7. The molecule has 1 aromatic carbocycles. The number of aliphatic hydroxyl groups excluding tert-OH is 1. The number of nitrogens with one attached hydrogen (secondary N) is 1. The van der Waals surface area contributed by atoms with Gasteiger partial charge < -0.3 is 16.2 Å². The van der Waals surface area contributed by atoms with Gasteiger partial charge in [-0.3, -0.25) is 4.90 Å². The third-order valence-corrected chi connectivity index (χ3v) is 2.60. The van der Waals surface area contributed by atoms with Gasteiger partial charge >= 0.3 is 6.03 Å². The van der Waals surface area contributed by atoms with Gasteiger partial charge in [-0.2, -0.15) is 0 Å². The number of hydrogen-bond donors (Lipinski definition) is 3. The molecule has 18 heavy (non-hydrogen) atoms. The molecule has 0 aromatic heterocycles. The van der Waals surface area contributed by atoms with E-state index in [1.807, 2.05) is 12.1 Å². The lowest BCUT2D eigenvalue weighted by atomic mass is 10.2. The number of rotatable bonds is 6. The average Bonchev–Trinajstić information content (AvgIpc) is 2.37. The van der Waals surface area contributed by atoms with Gasteiger partial charge in [0.25, 0.3) is 0 Å². The minimum atomic E-state index is -0.226. The van der Waals surface area contributed by atoms with Gasteiger partial charge in [0.05, 0.1) is 24.5 Å². The van der Waals surface area contributed by atoms with E-state index in [9.17, 15) is 4.79 Å². The fourth-order valence-electron chi connectivity index (χ4n) is 1.63.